The van der Waals surface area contributed by atoms with Crippen molar-refractivity contribution in [3.63, 3.8) is 0 Å². The highest BCUT2D eigenvalue weighted by Gasteiger charge is 2.30. The molecule has 29 heavy (non-hydrogen) atoms. The molecule has 1 fully saturated rings. The van der Waals surface area contributed by atoms with Crippen molar-refractivity contribution in [3.05, 3.63) is 64.6 Å². The minimum Gasteiger partial charge on any atom is -0.481 e. The van der Waals surface area contributed by atoms with Crippen LogP contribution in [-0.4, -0.2) is 51.8 Å². The van der Waals surface area contributed by atoms with Gasteiger partial charge in [-0.15, -0.1) is 0 Å². The molecule has 0 bridgehead atoms. The summed E-state index contributed by atoms with van der Waals surface area (Å²) in [6.07, 6.45) is 1.62. The van der Waals surface area contributed by atoms with Gasteiger partial charge in [-0.1, -0.05) is 18.2 Å². The van der Waals surface area contributed by atoms with E-state index >= 15 is 0 Å². The first-order valence-corrected chi connectivity index (χ1v) is 9.20. The molecule has 8 nitrogen and oxygen atoms in total. The summed E-state index contributed by atoms with van der Waals surface area (Å²) in [5.74, 6) is -2.03. The summed E-state index contributed by atoms with van der Waals surface area (Å²) < 4.78 is 5.27. The van der Waals surface area contributed by atoms with Crippen LogP contribution in [0.5, 0.6) is 5.75 Å². The molecule has 2 aromatic carbocycles. The lowest BCUT2D eigenvalue weighted by molar-refractivity contribution is -0.139. The fraction of sp³-hybridized carbons (Fsp3) is 0.100. The molecule has 1 aliphatic heterocycles. The van der Waals surface area contributed by atoms with Crippen LogP contribution >= 0.6 is 11.8 Å². The number of amidine groups is 1. The fourth-order valence-corrected chi connectivity index (χ4v) is 3.43. The normalized spacial score (nSPS) is 16.4. The second kappa shape index (κ2) is 8.61. The van der Waals surface area contributed by atoms with Gasteiger partial charge in [-0.05, 0) is 48.2 Å². The molecule has 0 atom stereocenters. The van der Waals surface area contributed by atoms with Gasteiger partial charge in [0.15, 0.2) is 11.8 Å². The summed E-state index contributed by atoms with van der Waals surface area (Å²) in [5, 5.41) is 18.2. The number of aliphatic carboxylic acids is 1. The average molecular weight is 412 g/mol. The number of aliphatic imine (C=N–C) groups is 1. The molecule has 0 unspecified atom stereocenters. The zero-order valence-electron chi connectivity index (χ0n) is 15.2. The molecule has 0 spiro atoms. The summed E-state index contributed by atoms with van der Waals surface area (Å²) in [7, 11) is 1.59. The van der Waals surface area contributed by atoms with E-state index in [1.807, 2.05) is 0 Å². The van der Waals surface area contributed by atoms with Crippen molar-refractivity contribution >= 4 is 46.5 Å². The van der Waals surface area contributed by atoms with E-state index in [9.17, 15) is 14.4 Å². The third-order valence-electron chi connectivity index (χ3n) is 3.90. The second-order valence-corrected chi connectivity index (χ2v) is 6.95. The smallest absolute Gasteiger partial charge is 0.341 e. The molecule has 2 aromatic rings. The minimum atomic E-state index is -1.10. The van der Waals surface area contributed by atoms with E-state index in [-0.39, 0.29) is 11.5 Å². The molecular formula is C20H16N2O6S. The molecule has 0 saturated carbocycles. The maximum atomic E-state index is 12.6. The molecule has 148 valence electrons. The van der Waals surface area contributed by atoms with E-state index in [2.05, 4.69) is 4.99 Å². The summed E-state index contributed by atoms with van der Waals surface area (Å²) in [4.78, 5) is 40.5. The minimum absolute atomic E-state index is 0.149. The van der Waals surface area contributed by atoms with E-state index in [4.69, 9.17) is 14.9 Å². The van der Waals surface area contributed by atoms with Gasteiger partial charge in [0, 0.05) is 12.6 Å². The predicted molar refractivity (Wildman–Crippen MR) is 108 cm³/mol. The lowest BCUT2D eigenvalue weighted by Crippen LogP contribution is -2.23. The Morgan fingerprint density at radius 3 is 2.48 bits per heavy atom. The SMILES string of the molecule is CN1C(=O)/C(=C/c2ccccc2OCC(=O)O)SC1=Nc1ccc(C(=O)O)cc1. The number of nitrogens with zero attached hydrogens (tertiary/aromatic N) is 2. The summed E-state index contributed by atoms with van der Waals surface area (Å²) >= 11 is 1.16. The highest BCUT2D eigenvalue weighted by molar-refractivity contribution is 8.18. The molecular weight excluding hydrogens is 396 g/mol. The molecule has 0 radical (unpaired) electrons. The van der Waals surface area contributed by atoms with Crippen LogP contribution in [0.25, 0.3) is 6.08 Å². The Morgan fingerprint density at radius 1 is 1.14 bits per heavy atom. The first kappa shape index (κ1) is 20.2. The Balaban J connectivity index is 1.85. The van der Waals surface area contributed by atoms with E-state index in [1.54, 1.807) is 49.5 Å². The van der Waals surface area contributed by atoms with Crippen LogP contribution in [0.2, 0.25) is 0 Å². The highest BCUT2D eigenvalue weighted by Crippen LogP contribution is 2.34. The third kappa shape index (κ3) is 4.82. The summed E-state index contributed by atoms with van der Waals surface area (Å²) in [6, 6.07) is 12.8. The fourth-order valence-electron chi connectivity index (χ4n) is 2.45. The molecule has 1 aliphatic rings. The molecule has 0 aliphatic carbocycles. The Bertz CT molecular complexity index is 1030. The number of carbonyl (C=O) groups excluding carboxylic acids is 1. The largest absolute Gasteiger partial charge is 0.481 e. The average Bonchev–Trinajstić information content (AvgIpc) is 2.95. The number of rotatable bonds is 6. The van der Waals surface area contributed by atoms with Crippen molar-refractivity contribution in [3.8, 4) is 5.75 Å². The number of hydrogen-bond donors (Lipinski definition) is 2. The molecule has 1 saturated heterocycles. The second-order valence-electron chi connectivity index (χ2n) is 5.94. The van der Waals surface area contributed by atoms with Gasteiger partial charge in [0.05, 0.1) is 16.2 Å². The molecule has 9 heteroatoms. The number of benzene rings is 2. The van der Waals surface area contributed by atoms with Gasteiger partial charge < -0.3 is 14.9 Å². The highest BCUT2D eigenvalue weighted by atomic mass is 32.2. The van der Waals surface area contributed by atoms with Crippen molar-refractivity contribution in [2.75, 3.05) is 13.7 Å². The molecule has 1 heterocycles. The van der Waals surface area contributed by atoms with Gasteiger partial charge in [-0.2, -0.15) is 0 Å². The van der Waals surface area contributed by atoms with Crippen LogP contribution in [0, 0.1) is 0 Å². The Hall–Kier alpha value is -3.59. The van der Waals surface area contributed by atoms with Crippen LogP contribution in [-0.2, 0) is 9.59 Å². The third-order valence-corrected chi connectivity index (χ3v) is 4.96. The molecule has 3 rings (SSSR count). The lowest BCUT2D eigenvalue weighted by Gasteiger charge is -2.07. The maximum absolute atomic E-state index is 12.6. The van der Waals surface area contributed by atoms with Gasteiger partial charge in [0.1, 0.15) is 5.75 Å². The number of likely N-dealkylation sites (N-methyl/N-ethyl adjacent to an activating group) is 1. The van der Waals surface area contributed by atoms with Gasteiger partial charge >= 0.3 is 11.9 Å². The van der Waals surface area contributed by atoms with Crippen LogP contribution in [0.15, 0.2) is 58.4 Å². The number of thioether (sulfide) groups is 1. The van der Waals surface area contributed by atoms with Crippen molar-refractivity contribution < 1.29 is 29.3 Å². The Labute approximate surface area is 170 Å². The first-order valence-electron chi connectivity index (χ1n) is 8.38. The van der Waals surface area contributed by atoms with Gasteiger partial charge in [0.2, 0.25) is 0 Å². The van der Waals surface area contributed by atoms with Crippen molar-refractivity contribution in [2.24, 2.45) is 4.99 Å². The van der Waals surface area contributed by atoms with Gasteiger partial charge in [-0.25, -0.2) is 14.6 Å². The van der Waals surface area contributed by atoms with E-state index in [1.165, 1.54) is 17.0 Å². The predicted octanol–water partition coefficient (Wildman–Crippen LogP) is 3.08. The van der Waals surface area contributed by atoms with Gasteiger partial charge in [-0.3, -0.25) is 9.69 Å². The lowest BCUT2D eigenvalue weighted by atomic mass is 10.2. The van der Waals surface area contributed by atoms with Crippen LogP contribution in [0.4, 0.5) is 5.69 Å². The van der Waals surface area contributed by atoms with E-state index in [0.717, 1.165) is 11.8 Å². The Kier molecular flexibility index (Phi) is 5.99. The number of para-hydroxylation sites is 1. The van der Waals surface area contributed by atoms with Crippen LogP contribution in [0.1, 0.15) is 15.9 Å². The Morgan fingerprint density at radius 2 is 1.83 bits per heavy atom. The van der Waals surface area contributed by atoms with Crippen LogP contribution < -0.4 is 4.74 Å². The summed E-state index contributed by atoms with van der Waals surface area (Å²) in [5.41, 5.74) is 1.24. The molecule has 0 aromatic heterocycles. The quantitative estimate of drug-likeness (QED) is 0.700. The van der Waals surface area contributed by atoms with Crippen molar-refractivity contribution in [1.82, 2.24) is 4.90 Å². The van der Waals surface area contributed by atoms with Crippen molar-refractivity contribution in [1.29, 1.82) is 0 Å². The zero-order valence-corrected chi connectivity index (χ0v) is 16.0. The van der Waals surface area contributed by atoms with Crippen LogP contribution in [0.3, 0.4) is 0 Å². The van der Waals surface area contributed by atoms with E-state index < -0.39 is 18.5 Å². The number of carboxylic acid groups (broad SMARTS) is 2. The number of ether oxygens (including phenoxy) is 1. The maximum Gasteiger partial charge on any atom is 0.341 e. The van der Waals surface area contributed by atoms with Gasteiger partial charge in [0.25, 0.3) is 5.91 Å². The molecule has 1 amide bonds. The number of aromatic carboxylic acids is 1. The standard InChI is InChI=1S/C20H16N2O6S/c1-22-18(25)16(10-13-4-2-3-5-15(13)28-11-17(23)24)29-20(22)21-14-8-6-12(7-9-14)19(26)27/h2-10H,11H2,1H3,(H,23,24)(H,26,27)/b16-10-,21-20?. The first-order chi connectivity index (χ1) is 13.8. The number of carbonyl (C=O) groups is 3. The summed E-state index contributed by atoms with van der Waals surface area (Å²) in [6.45, 7) is -0.486. The number of carboxylic acids is 2. The topological polar surface area (TPSA) is 117 Å². The number of amides is 1. The molecule has 2 N–H and O–H groups in total. The zero-order chi connectivity index (χ0) is 21.0. The van der Waals surface area contributed by atoms with Crippen molar-refractivity contribution in [2.45, 2.75) is 0 Å². The monoisotopic (exact) mass is 412 g/mol. The number of hydrogen-bond acceptors (Lipinski definition) is 6. The van der Waals surface area contributed by atoms with E-state index in [0.29, 0.717) is 27.1 Å².